The van der Waals surface area contributed by atoms with Gasteiger partial charge in [-0.25, -0.2) is 0 Å². The minimum Gasteiger partial charge on any atom is -0.327 e. The highest BCUT2D eigenvalue weighted by Gasteiger charge is 2.20. The van der Waals surface area contributed by atoms with Crippen LogP contribution in [0.5, 0.6) is 0 Å². The second-order valence-corrected chi connectivity index (χ2v) is 3.71. The van der Waals surface area contributed by atoms with Gasteiger partial charge in [-0.15, -0.1) is 0 Å². The Labute approximate surface area is 69.8 Å². The number of nitrogens with zero attached hydrogens (tertiary/aromatic N) is 1. The predicted octanol–water partition coefficient (Wildman–Crippen LogP) is 1.07. The third-order valence-corrected chi connectivity index (χ3v) is 2.84. The van der Waals surface area contributed by atoms with E-state index >= 15 is 0 Å². The van der Waals surface area contributed by atoms with Crippen molar-refractivity contribution in [3.05, 3.63) is 0 Å². The van der Waals surface area contributed by atoms with Crippen LogP contribution in [0.25, 0.3) is 0 Å². The van der Waals surface area contributed by atoms with Crippen LogP contribution in [0.4, 0.5) is 0 Å². The molecule has 1 fully saturated rings. The molecule has 2 nitrogen and oxygen atoms in total. The van der Waals surface area contributed by atoms with Crippen molar-refractivity contribution in [2.75, 3.05) is 20.1 Å². The van der Waals surface area contributed by atoms with E-state index in [0.29, 0.717) is 6.04 Å². The van der Waals surface area contributed by atoms with Crippen molar-refractivity contribution < 1.29 is 0 Å². The molecule has 2 N–H and O–H groups in total. The van der Waals surface area contributed by atoms with Crippen LogP contribution in [-0.2, 0) is 0 Å². The lowest BCUT2D eigenvalue weighted by molar-refractivity contribution is 0.197. The van der Waals surface area contributed by atoms with Crippen LogP contribution in [0.3, 0.4) is 0 Å². The average Bonchev–Trinajstić information content (AvgIpc) is 2.05. The minimum absolute atomic E-state index is 0.448. The highest BCUT2D eigenvalue weighted by Crippen LogP contribution is 2.19. The maximum absolute atomic E-state index is 5.97. The van der Waals surface area contributed by atoms with Gasteiger partial charge in [-0.1, -0.05) is 6.92 Å². The van der Waals surface area contributed by atoms with Crippen molar-refractivity contribution in [2.45, 2.75) is 32.2 Å². The first-order valence-corrected chi connectivity index (χ1v) is 4.68. The summed E-state index contributed by atoms with van der Waals surface area (Å²) in [7, 11) is 2.19. The molecule has 11 heavy (non-hydrogen) atoms. The molecule has 66 valence electrons. The van der Waals surface area contributed by atoms with Crippen molar-refractivity contribution in [3.63, 3.8) is 0 Å². The number of likely N-dealkylation sites (tertiary alicyclic amines) is 1. The van der Waals surface area contributed by atoms with E-state index in [4.69, 9.17) is 5.73 Å². The number of hydrogen-bond donors (Lipinski definition) is 1. The van der Waals surface area contributed by atoms with Crippen molar-refractivity contribution in [1.82, 2.24) is 4.90 Å². The smallest absolute Gasteiger partial charge is 0.00654 e. The summed E-state index contributed by atoms with van der Waals surface area (Å²) >= 11 is 0. The zero-order chi connectivity index (χ0) is 8.27. The van der Waals surface area contributed by atoms with Gasteiger partial charge in [-0.3, -0.25) is 0 Å². The van der Waals surface area contributed by atoms with E-state index in [-0.39, 0.29) is 0 Å². The predicted molar refractivity (Wildman–Crippen MR) is 48.5 cm³/mol. The molecule has 0 amide bonds. The van der Waals surface area contributed by atoms with Gasteiger partial charge in [0.05, 0.1) is 0 Å². The van der Waals surface area contributed by atoms with Crippen LogP contribution in [0.15, 0.2) is 0 Å². The third kappa shape index (κ3) is 2.46. The molecule has 1 heterocycles. The molecular weight excluding hydrogens is 136 g/mol. The number of piperidine rings is 1. The fourth-order valence-corrected chi connectivity index (χ4v) is 1.79. The fourth-order valence-electron chi connectivity index (χ4n) is 1.79. The topological polar surface area (TPSA) is 29.3 Å². The lowest BCUT2D eigenvalue weighted by atomic mass is 9.89. The van der Waals surface area contributed by atoms with E-state index < -0.39 is 0 Å². The van der Waals surface area contributed by atoms with Gasteiger partial charge >= 0.3 is 0 Å². The number of rotatable bonds is 2. The van der Waals surface area contributed by atoms with E-state index in [0.717, 1.165) is 12.3 Å². The molecule has 1 saturated heterocycles. The molecule has 1 unspecified atom stereocenters. The molecule has 0 bridgehead atoms. The molecule has 2 heteroatoms. The van der Waals surface area contributed by atoms with Crippen molar-refractivity contribution in [2.24, 2.45) is 11.7 Å². The monoisotopic (exact) mass is 156 g/mol. The first-order valence-electron chi connectivity index (χ1n) is 4.68. The van der Waals surface area contributed by atoms with Crippen molar-refractivity contribution in [1.29, 1.82) is 0 Å². The van der Waals surface area contributed by atoms with Gasteiger partial charge in [-0.2, -0.15) is 0 Å². The van der Waals surface area contributed by atoms with Gasteiger partial charge in [0.25, 0.3) is 0 Å². The Hall–Kier alpha value is -0.0800. The van der Waals surface area contributed by atoms with Gasteiger partial charge in [-0.05, 0) is 45.3 Å². The molecule has 1 aliphatic heterocycles. The summed E-state index contributed by atoms with van der Waals surface area (Å²) in [6, 6.07) is 0.448. The molecule has 0 aliphatic carbocycles. The van der Waals surface area contributed by atoms with Crippen LogP contribution < -0.4 is 5.73 Å². The summed E-state index contributed by atoms with van der Waals surface area (Å²) in [6.45, 7) is 4.65. The third-order valence-electron chi connectivity index (χ3n) is 2.84. The van der Waals surface area contributed by atoms with Crippen LogP contribution in [0.1, 0.15) is 26.2 Å². The van der Waals surface area contributed by atoms with E-state index in [2.05, 4.69) is 18.9 Å². The van der Waals surface area contributed by atoms with Crippen molar-refractivity contribution in [3.8, 4) is 0 Å². The minimum atomic E-state index is 0.448. The summed E-state index contributed by atoms with van der Waals surface area (Å²) in [6.07, 6.45) is 3.73. The fraction of sp³-hybridized carbons (Fsp3) is 1.00. The second-order valence-electron chi connectivity index (χ2n) is 3.71. The lowest BCUT2D eigenvalue weighted by Gasteiger charge is -2.32. The number of nitrogens with two attached hydrogens (primary N) is 1. The quantitative estimate of drug-likeness (QED) is 0.648. The molecule has 1 atom stereocenters. The van der Waals surface area contributed by atoms with E-state index in [1.165, 1.54) is 25.9 Å². The summed E-state index contributed by atoms with van der Waals surface area (Å²) < 4.78 is 0. The van der Waals surface area contributed by atoms with Gasteiger partial charge in [0.2, 0.25) is 0 Å². The SMILES string of the molecule is CCC(N)C1CCN(C)CC1. The number of hydrogen-bond acceptors (Lipinski definition) is 2. The first kappa shape index (κ1) is 9.01. The Kier molecular flexibility index (Phi) is 3.34. The molecular formula is C9H20N2. The zero-order valence-corrected chi connectivity index (χ0v) is 7.71. The standard InChI is InChI=1S/C9H20N2/c1-3-9(10)8-4-6-11(2)7-5-8/h8-9H,3-7,10H2,1-2H3. The maximum atomic E-state index is 5.97. The Morgan fingerprint density at radius 2 is 2.00 bits per heavy atom. The Morgan fingerprint density at radius 1 is 1.45 bits per heavy atom. The van der Waals surface area contributed by atoms with Gasteiger partial charge < -0.3 is 10.6 Å². The van der Waals surface area contributed by atoms with Gasteiger partial charge in [0.1, 0.15) is 0 Å². The highest BCUT2D eigenvalue weighted by molar-refractivity contribution is 4.77. The Balaban J connectivity index is 2.27. The Morgan fingerprint density at radius 3 is 2.45 bits per heavy atom. The van der Waals surface area contributed by atoms with Gasteiger partial charge in [0.15, 0.2) is 0 Å². The van der Waals surface area contributed by atoms with E-state index in [1.54, 1.807) is 0 Å². The molecule has 0 radical (unpaired) electrons. The highest BCUT2D eigenvalue weighted by atomic mass is 15.1. The largest absolute Gasteiger partial charge is 0.327 e. The van der Waals surface area contributed by atoms with Crippen LogP contribution in [-0.4, -0.2) is 31.1 Å². The van der Waals surface area contributed by atoms with E-state index in [9.17, 15) is 0 Å². The van der Waals surface area contributed by atoms with E-state index in [1.807, 2.05) is 0 Å². The normalized spacial score (nSPS) is 25.4. The summed E-state index contributed by atoms with van der Waals surface area (Å²) in [5, 5.41) is 0. The lowest BCUT2D eigenvalue weighted by Crippen LogP contribution is -2.38. The summed E-state index contributed by atoms with van der Waals surface area (Å²) in [5.41, 5.74) is 5.97. The first-order chi connectivity index (χ1) is 5.24. The molecule has 1 rings (SSSR count). The van der Waals surface area contributed by atoms with Crippen LogP contribution in [0, 0.1) is 5.92 Å². The summed E-state index contributed by atoms with van der Waals surface area (Å²) in [5.74, 6) is 0.788. The molecule has 1 aliphatic rings. The molecule has 0 aromatic heterocycles. The molecule has 0 spiro atoms. The van der Waals surface area contributed by atoms with Crippen LogP contribution >= 0.6 is 0 Å². The zero-order valence-electron chi connectivity index (χ0n) is 7.71. The van der Waals surface area contributed by atoms with Crippen molar-refractivity contribution >= 4 is 0 Å². The maximum Gasteiger partial charge on any atom is 0.00654 e. The van der Waals surface area contributed by atoms with Crippen LogP contribution in [0.2, 0.25) is 0 Å². The second kappa shape index (κ2) is 4.07. The Bertz CT molecular complexity index is 106. The average molecular weight is 156 g/mol. The molecule has 0 aromatic carbocycles. The van der Waals surface area contributed by atoms with Gasteiger partial charge in [0, 0.05) is 6.04 Å². The summed E-state index contributed by atoms with van der Waals surface area (Å²) in [4.78, 5) is 2.39. The molecule has 0 saturated carbocycles. The molecule has 0 aromatic rings.